The van der Waals surface area contributed by atoms with E-state index in [1.807, 2.05) is 6.07 Å². The number of rotatable bonds is 5. The van der Waals surface area contributed by atoms with Crippen LogP contribution in [0, 0.1) is 5.92 Å². The van der Waals surface area contributed by atoms with Gasteiger partial charge in [-0.15, -0.1) is 5.10 Å². The first-order valence-corrected chi connectivity index (χ1v) is 10.0. The van der Waals surface area contributed by atoms with Crippen LogP contribution in [-0.2, 0) is 19.4 Å². The Labute approximate surface area is 159 Å². The molecule has 1 aromatic carbocycles. The molecule has 3 aliphatic rings. The number of anilines is 1. The fourth-order valence-electron chi connectivity index (χ4n) is 4.14. The van der Waals surface area contributed by atoms with Gasteiger partial charge in [0.05, 0.1) is 5.69 Å². The van der Waals surface area contributed by atoms with E-state index in [1.54, 1.807) is 0 Å². The number of fused-ring (bicyclic) bond motifs is 2. The molecule has 1 N–H and O–H groups in total. The van der Waals surface area contributed by atoms with Gasteiger partial charge in [0.1, 0.15) is 13.2 Å². The van der Waals surface area contributed by atoms with Crippen molar-refractivity contribution >= 4 is 5.82 Å². The number of nitrogens with one attached hydrogen (secondary N) is 1. The van der Waals surface area contributed by atoms with E-state index < -0.39 is 0 Å². The quantitative estimate of drug-likeness (QED) is 0.877. The van der Waals surface area contributed by atoms with Crippen molar-refractivity contribution in [3.05, 3.63) is 41.1 Å². The fraction of sp³-hybridized carbons (Fsp3) is 0.524. The van der Waals surface area contributed by atoms with Crippen LogP contribution in [0.5, 0.6) is 11.5 Å². The third-order valence-electron chi connectivity index (χ3n) is 5.71. The Hall–Kier alpha value is -2.34. The molecule has 3 heterocycles. The van der Waals surface area contributed by atoms with Crippen LogP contribution in [0.15, 0.2) is 24.3 Å². The predicted molar refractivity (Wildman–Crippen MR) is 104 cm³/mol. The van der Waals surface area contributed by atoms with E-state index in [2.05, 4.69) is 38.6 Å². The molecule has 27 heavy (non-hydrogen) atoms. The molecule has 0 bridgehead atoms. The second-order valence-electron chi connectivity index (χ2n) is 7.76. The standard InChI is InChI=1S/C21H26N4O2/c1-2-4-18-17(3-1)10-21(24-23-18)25-13-16(14-25)12-22-11-15-5-6-19-20(9-15)27-8-7-26-19/h5-6,9-10,16,22H,1-4,7-8,11-14H2. The number of hydrogen-bond donors (Lipinski definition) is 1. The second-order valence-corrected chi connectivity index (χ2v) is 7.76. The lowest BCUT2D eigenvalue weighted by Gasteiger charge is -2.40. The van der Waals surface area contributed by atoms with E-state index in [1.165, 1.54) is 29.7 Å². The molecule has 6 nitrogen and oxygen atoms in total. The molecular formula is C21H26N4O2. The minimum Gasteiger partial charge on any atom is -0.486 e. The summed E-state index contributed by atoms with van der Waals surface area (Å²) in [5.41, 5.74) is 3.85. The highest BCUT2D eigenvalue weighted by Crippen LogP contribution is 2.31. The Kier molecular flexibility index (Phi) is 4.57. The van der Waals surface area contributed by atoms with Crippen molar-refractivity contribution in [1.82, 2.24) is 15.5 Å². The summed E-state index contributed by atoms with van der Waals surface area (Å²) in [6.45, 7) is 5.25. The summed E-state index contributed by atoms with van der Waals surface area (Å²) in [5.74, 6) is 3.44. The van der Waals surface area contributed by atoms with Crippen molar-refractivity contribution in [2.45, 2.75) is 32.2 Å². The van der Waals surface area contributed by atoms with Gasteiger partial charge in [0.25, 0.3) is 0 Å². The normalized spacial score (nSPS) is 18.7. The van der Waals surface area contributed by atoms with Crippen LogP contribution in [-0.4, -0.2) is 43.0 Å². The number of hydrogen-bond acceptors (Lipinski definition) is 6. The zero-order valence-electron chi connectivity index (χ0n) is 15.6. The summed E-state index contributed by atoms with van der Waals surface area (Å²) in [7, 11) is 0. The van der Waals surface area contributed by atoms with E-state index in [9.17, 15) is 0 Å². The smallest absolute Gasteiger partial charge is 0.161 e. The minimum atomic E-state index is 0.632. The second kappa shape index (κ2) is 7.35. The molecular weight excluding hydrogens is 340 g/mol. The Balaban J connectivity index is 1.10. The van der Waals surface area contributed by atoms with Gasteiger partial charge < -0.3 is 19.7 Å². The lowest BCUT2D eigenvalue weighted by molar-refractivity contribution is 0.171. The summed E-state index contributed by atoms with van der Waals surface area (Å²) in [6, 6.07) is 8.46. The lowest BCUT2D eigenvalue weighted by atomic mass is 9.95. The van der Waals surface area contributed by atoms with Crippen LogP contribution in [0.3, 0.4) is 0 Å². The van der Waals surface area contributed by atoms with Gasteiger partial charge in [0.15, 0.2) is 17.3 Å². The molecule has 1 aromatic heterocycles. The molecule has 0 radical (unpaired) electrons. The minimum absolute atomic E-state index is 0.632. The Morgan fingerprint density at radius 2 is 1.85 bits per heavy atom. The zero-order chi connectivity index (χ0) is 18.1. The van der Waals surface area contributed by atoms with Crippen LogP contribution in [0.1, 0.15) is 29.7 Å². The first kappa shape index (κ1) is 16.8. The summed E-state index contributed by atoms with van der Waals surface area (Å²) >= 11 is 0. The number of benzene rings is 1. The van der Waals surface area contributed by atoms with Gasteiger partial charge in [-0.05, 0) is 55.0 Å². The van der Waals surface area contributed by atoms with Gasteiger partial charge in [-0.1, -0.05) is 6.07 Å². The number of ether oxygens (including phenoxy) is 2. The summed E-state index contributed by atoms with van der Waals surface area (Å²) in [5, 5.41) is 12.5. The Bertz CT molecular complexity index is 820. The third kappa shape index (κ3) is 3.58. The predicted octanol–water partition coefficient (Wildman–Crippen LogP) is 2.35. The molecule has 1 fully saturated rings. The molecule has 1 aliphatic carbocycles. The van der Waals surface area contributed by atoms with E-state index in [0.29, 0.717) is 19.1 Å². The molecule has 0 atom stereocenters. The molecule has 142 valence electrons. The molecule has 6 heteroatoms. The first-order chi connectivity index (χ1) is 13.3. The van der Waals surface area contributed by atoms with Gasteiger partial charge in [-0.25, -0.2) is 0 Å². The Morgan fingerprint density at radius 1 is 1.00 bits per heavy atom. The molecule has 0 amide bonds. The third-order valence-corrected chi connectivity index (χ3v) is 5.71. The number of aromatic nitrogens is 2. The van der Waals surface area contributed by atoms with Gasteiger partial charge >= 0.3 is 0 Å². The molecule has 0 spiro atoms. The maximum Gasteiger partial charge on any atom is 0.161 e. The van der Waals surface area contributed by atoms with Crippen molar-refractivity contribution in [2.75, 3.05) is 37.7 Å². The van der Waals surface area contributed by atoms with Gasteiger partial charge in [-0.3, -0.25) is 0 Å². The average Bonchev–Trinajstić information content (AvgIpc) is 2.69. The highest BCUT2D eigenvalue weighted by Gasteiger charge is 2.28. The van der Waals surface area contributed by atoms with Crippen molar-refractivity contribution in [2.24, 2.45) is 5.92 Å². The lowest BCUT2D eigenvalue weighted by Crippen LogP contribution is -2.51. The molecule has 2 aromatic rings. The van der Waals surface area contributed by atoms with Crippen LogP contribution < -0.4 is 19.7 Å². The van der Waals surface area contributed by atoms with Crippen LogP contribution in [0.4, 0.5) is 5.82 Å². The van der Waals surface area contributed by atoms with Gasteiger partial charge in [-0.2, -0.15) is 5.10 Å². The average molecular weight is 366 g/mol. The summed E-state index contributed by atoms with van der Waals surface area (Å²) in [6.07, 6.45) is 4.79. The van der Waals surface area contributed by atoms with E-state index in [4.69, 9.17) is 9.47 Å². The molecule has 0 saturated carbocycles. The van der Waals surface area contributed by atoms with E-state index in [-0.39, 0.29) is 0 Å². The number of aryl methyl sites for hydroxylation is 2. The number of nitrogens with zero attached hydrogens (tertiary/aromatic N) is 3. The van der Waals surface area contributed by atoms with Crippen molar-refractivity contribution in [3.8, 4) is 11.5 Å². The van der Waals surface area contributed by atoms with Gasteiger partial charge in [0.2, 0.25) is 0 Å². The van der Waals surface area contributed by atoms with E-state index in [0.717, 1.165) is 56.3 Å². The highest BCUT2D eigenvalue weighted by molar-refractivity contribution is 5.45. The van der Waals surface area contributed by atoms with Gasteiger partial charge in [0, 0.05) is 32.1 Å². The van der Waals surface area contributed by atoms with Crippen molar-refractivity contribution < 1.29 is 9.47 Å². The van der Waals surface area contributed by atoms with Crippen LogP contribution in [0.2, 0.25) is 0 Å². The topological polar surface area (TPSA) is 59.5 Å². The molecule has 1 saturated heterocycles. The SMILES string of the molecule is c1cc2c(cc1CNCC1CN(c3cc4c(nn3)CCCC4)C1)OCCO2. The molecule has 5 rings (SSSR count). The van der Waals surface area contributed by atoms with Crippen LogP contribution in [0.25, 0.3) is 0 Å². The zero-order valence-corrected chi connectivity index (χ0v) is 15.6. The molecule has 2 aliphatic heterocycles. The largest absolute Gasteiger partial charge is 0.486 e. The first-order valence-electron chi connectivity index (χ1n) is 10.0. The van der Waals surface area contributed by atoms with Crippen molar-refractivity contribution in [3.63, 3.8) is 0 Å². The maximum absolute atomic E-state index is 5.65. The fourth-order valence-corrected chi connectivity index (χ4v) is 4.14. The monoisotopic (exact) mass is 366 g/mol. The van der Waals surface area contributed by atoms with E-state index >= 15 is 0 Å². The summed E-state index contributed by atoms with van der Waals surface area (Å²) < 4.78 is 11.2. The summed E-state index contributed by atoms with van der Waals surface area (Å²) in [4.78, 5) is 2.35. The maximum atomic E-state index is 5.65. The highest BCUT2D eigenvalue weighted by atomic mass is 16.6. The molecule has 0 unspecified atom stereocenters. The van der Waals surface area contributed by atoms with Crippen molar-refractivity contribution in [1.29, 1.82) is 0 Å². The Morgan fingerprint density at radius 3 is 2.78 bits per heavy atom. The van der Waals surface area contributed by atoms with Crippen LogP contribution >= 0.6 is 0 Å².